The molecule has 0 bridgehead atoms. The Bertz CT molecular complexity index is 301. The van der Waals surface area contributed by atoms with E-state index in [1.165, 1.54) is 0 Å². The summed E-state index contributed by atoms with van der Waals surface area (Å²) in [6, 6.07) is 1.96. The van der Waals surface area contributed by atoms with Gasteiger partial charge in [-0.2, -0.15) is 5.26 Å². The van der Waals surface area contributed by atoms with Gasteiger partial charge in [-0.3, -0.25) is 9.69 Å². The average Bonchev–Trinajstić information content (AvgIpc) is 2.30. The number of likely N-dealkylation sites (N-methyl/N-ethyl adjacent to an activating group) is 1. The highest BCUT2D eigenvalue weighted by molar-refractivity contribution is 5.77. The van der Waals surface area contributed by atoms with Gasteiger partial charge in [-0.05, 0) is 33.9 Å². The van der Waals surface area contributed by atoms with Gasteiger partial charge in [0.05, 0.1) is 18.1 Å². The highest BCUT2D eigenvalue weighted by Gasteiger charge is 2.46. The van der Waals surface area contributed by atoms with Crippen molar-refractivity contribution in [1.29, 1.82) is 5.26 Å². The predicted molar refractivity (Wildman–Crippen MR) is 65.2 cm³/mol. The topological polar surface area (TPSA) is 53.3 Å². The van der Waals surface area contributed by atoms with E-state index in [4.69, 9.17) is 4.74 Å². The molecule has 1 atom stereocenters. The molecule has 0 N–H and O–H groups in total. The van der Waals surface area contributed by atoms with Crippen LogP contribution in [-0.4, -0.2) is 37.6 Å². The SMILES string of the molecule is CCOC(=O)C(N(C)C)C1(C#N)CCCCC1. The maximum atomic E-state index is 12.0. The highest BCUT2D eigenvalue weighted by Crippen LogP contribution is 2.40. The predicted octanol–water partition coefficient (Wildman–Crippen LogP) is 1.95. The maximum Gasteiger partial charge on any atom is 0.324 e. The number of esters is 1. The van der Waals surface area contributed by atoms with Gasteiger partial charge in [-0.1, -0.05) is 19.3 Å². The lowest BCUT2D eigenvalue weighted by Gasteiger charge is -2.39. The first-order valence-electron chi connectivity index (χ1n) is 6.31. The molecule has 0 spiro atoms. The lowest BCUT2D eigenvalue weighted by Crippen LogP contribution is -2.50. The third-order valence-electron chi connectivity index (χ3n) is 3.52. The van der Waals surface area contributed by atoms with Crippen molar-refractivity contribution in [2.75, 3.05) is 20.7 Å². The molecule has 4 heteroatoms. The molecule has 0 amide bonds. The van der Waals surface area contributed by atoms with Gasteiger partial charge in [0.1, 0.15) is 6.04 Å². The van der Waals surface area contributed by atoms with Crippen LogP contribution in [0.25, 0.3) is 0 Å². The van der Waals surface area contributed by atoms with Crippen LogP contribution in [0.3, 0.4) is 0 Å². The van der Waals surface area contributed by atoms with Crippen LogP contribution in [0.4, 0.5) is 0 Å². The van der Waals surface area contributed by atoms with Gasteiger partial charge >= 0.3 is 5.97 Å². The van der Waals surface area contributed by atoms with Crippen LogP contribution in [0.1, 0.15) is 39.0 Å². The highest BCUT2D eigenvalue weighted by atomic mass is 16.5. The number of hydrogen-bond donors (Lipinski definition) is 0. The summed E-state index contributed by atoms with van der Waals surface area (Å²) in [5.41, 5.74) is -0.562. The summed E-state index contributed by atoms with van der Waals surface area (Å²) in [5, 5.41) is 9.49. The van der Waals surface area contributed by atoms with Crippen LogP contribution in [0.15, 0.2) is 0 Å². The van der Waals surface area contributed by atoms with Gasteiger partial charge in [-0.15, -0.1) is 0 Å². The molecule has 4 nitrogen and oxygen atoms in total. The van der Waals surface area contributed by atoms with Crippen LogP contribution in [-0.2, 0) is 9.53 Å². The zero-order chi connectivity index (χ0) is 12.9. The number of ether oxygens (including phenoxy) is 1. The van der Waals surface area contributed by atoms with Crippen molar-refractivity contribution in [3.05, 3.63) is 0 Å². The molecular formula is C13H22N2O2. The van der Waals surface area contributed by atoms with Crippen LogP contribution in [0, 0.1) is 16.7 Å². The molecule has 17 heavy (non-hydrogen) atoms. The summed E-state index contributed by atoms with van der Waals surface area (Å²) in [6.07, 6.45) is 4.80. The van der Waals surface area contributed by atoms with Gasteiger partial charge in [0, 0.05) is 0 Å². The fourth-order valence-electron chi connectivity index (χ4n) is 2.78. The van der Waals surface area contributed by atoms with Crippen LogP contribution < -0.4 is 0 Å². The molecule has 0 aromatic carbocycles. The number of hydrogen-bond acceptors (Lipinski definition) is 4. The molecule has 0 heterocycles. The second-order valence-electron chi connectivity index (χ2n) is 4.95. The second kappa shape index (κ2) is 6.02. The maximum absolute atomic E-state index is 12.0. The molecule has 0 aromatic heterocycles. The fourth-order valence-corrected chi connectivity index (χ4v) is 2.78. The molecule has 0 aromatic rings. The van der Waals surface area contributed by atoms with E-state index in [1.54, 1.807) is 6.92 Å². The minimum absolute atomic E-state index is 0.263. The van der Waals surface area contributed by atoms with Crippen molar-refractivity contribution < 1.29 is 9.53 Å². The first kappa shape index (κ1) is 14.0. The van der Waals surface area contributed by atoms with Crippen molar-refractivity contribution in [1.82, 2.24) is 4.90 Å². The number of rotatable bonds is 4. The Kier molecular flexibility index (Phi) is 4.95. The zero-order valence-corrected chi connectivity index (χ0v) is 11.0. The van der Waals surface area contributed by atoms with Gasteiger partial charge < -0.3 is 4.74 Å². The van der Waals surface area contributed by atoms with Crippen molar-refractivity contribution in [2.45, 2.75) is 45.1 Å². The smallest absolute Gasteiger partial charge is 0.324 e. The second-order valence-corrected chi connectivity index (χ2v) is 4.95. The Morgan fingerprint density at radius 1 is 1.41 bits per heavy atom. The molecule has 1 aliphatic rings. The Balaban J connectivity index is 2.94. The third kappa shape index (κ3) is 2.98. The third-order valence-corrected chi connectivity index (χ3v) is 3.52. The molecule has 1 unspecified atom stereocenters. The molecule has 0 aliphatic heterocycles. The Morgan fingerprint density at radius 3 is 2.41 bits per heavy atom. The summed E-state index contributed by atoms with van der Waals surface area (Å²) < 4.78 is 5.11. The van der Waals surface area contributed by atoms with Crippen molar-refractivity contribution in [3.8, 4) is 6.07 Å². The number of nitriles is 1. The fraction of sp³-hybridized carbons (Fsp3) is 0.846. The molecule has 1 saturated carbocycles. The molecule has 0 saturated heterocycles. The zero-order valence-electron chi connectivity index (χ0n) is 11.0. The normalized spacial score (nSPS) is 20.6. The minimum Gasteiger partial charge on any atom is -0.465 e. The van der Waals surface area contributed by atoms with Crippen molar-refractivity contribution in [2.24, 2.45) is 5.41 Å². The van der Waals surface area contributed by atoms with Crippen LogP contribution in [0.5, 0.6) is 0 Å². The van der Waals surface area contributed by atoms with E-state index in [0.29, 0.717) is 6.61 Å². The molecule has 96 valence electrons. The Morgan fingerprint density at radius 2 is 2.00 bits per heavy atom. The molecule has 1 aliphatic carbocycles. The van der Waals surface area contributed by atoms with E-state index in [2.05, 4.69) is 6.07 Å². The summed E-state index contributed by atoms with van der Waals surface area (Å²) in [6.45, 7) is 2.16. The van der Waals surface area contributed by atoms with E-state index < -0.39 is 11.5 Å². The summed E-state index contributed by atoms with van der Waals surface area (Å²) in [7, 11) is 3.69. The first-order chi connectivity index (χ1) is 8.07. The Labute approximate surface area is 104 Å². The number of nitrogens with zero attached hydrogens (tertiary/aromatic N) is 2. The average molecular weight is 238 g/mol. The van der Waals surface area contributed by atoms with E-state index in [9.17, 15) is 10.1 Å². The molecule has 0 radical (unpaired) electrons. The standard InChI is InChI=1S/C13H22N2O2/c1-4-17-12(16)11(15(2)3)13(10-14)8-6-5-7-9-13/h11H,4-9H2,1-3H3. The monoisotopic (exact) mass is 238 g/mol. The van der Waals surface area contributed by atoms with Gasteiger partial charge in [0.15, 0.2) is 0 Å². The van der Waals surface area contributed by atoms with Gasteiger partial charge in [0.25, 0.3) is 0 Å². The largest absolute Gasteiger partial charge is 0.465 e. The van der Waals surface area contributed by atoms with E-state index in [0.717, 1.165) is 32.1 Å². The van der Waals surface area contributed by atoms with Crippen molar-refractivity contribution in [3.63, 3.8) is 0 Å². The van der Waals surface area contributed by atoms with Crippen LogP contribution >= 0.6 is 0 Å². The quantitative estimate of drug-likeness (QED) is 0.702. The molecular weight excluding hydrogens is 216 g/mol. The molecule has 1 fully saturated rings. The summed E-state index contributed by atoms with van der Waals surface area (Å²) in [5.74, 6) is -0.263. The summed E-state index contributed by atoms with van der Waals surface area (Å²) >= 11 is 0. The minimum atomic E-state index is -0.562. The van der Waals surface area contributed by atoms with E-state index in [1.807, 2.05) is 19.0 Å². The lowest BCUT2D eigenvalue weighted by molar-refractivity contribution is -0.153. The van der Waals surface area contributed by atoms with Gasteiger partial charge in [0.2, 0.25) is 0 Å². The Hall–Kier alpha value is -1.08. The number of carbonyl (C=O) groups excluding carboxylic acids is 1. The number of carbonyl (C=O) groups is 1. The lowest BCUT2D eigenvalue weighted by atomic mass is 9.69. The van der Waals surface area contributed by atoms with E-state index in [-0.39, 0.29) is 5.97 Å². The van der Waals surface area contributed by atoms with E-state index >= 15 is 0 Å². The van der Waals surface area contributed by atoms with Gasteiger partial charge in [-0.25, -0.2) is 0 Å². The first-order valence-corrected chi connectivity index (χ1v) is 6.31. The van der Waals surface area contributed by atoms with Crippen LogP contribution in [0.2, 0.25) is 0 Å². The van der Waals surface area contributed by atoms with Crippen molar-refractivity contribution >= 4 is 5.97 Å². The summed E-state index contributed by atoms with van der Waals surface area (Å²) in [4.78, 5) is 13.9. The molecule has 1 rings (SSSR count).